The SMILES string of the molecule is C[C@@H](Cc1ccc(C#CCCNC(=O)OCc2ccccc2)c2ccccc12)C(=O)Nc1ccc(CCCCCCN(C)C(=O)OC(C)(C)C)cc1. The summed E-state index contributed by atoms with van der Waals surface area (Å²) >= 11 is 0. The van der Waals surface area contributed by atoms with Crippen LogP contribution in [-0.4, -0.2) is 48.7 Å². The fraction of sp³-hybridized carbons (Fsp3) is 0.386. The zero-order chi connectivity index (χ0) is 37.3. The highest BCUT2D eigenvalue weighted by Gasteiger charge is 2.19. The molecular formula is C44H53N3O5. The van der Waals surface area contributed by atoms with Crippen molar-refractivity contribution in [3.63, 3.8) is 0 Å². The first-order valence-corrected chi connectivity index (χ1v) is 18.3. The highest BCUT2D eigenvalue weighted by molar-refractivity contribution is 5.94. The molecule has 0 bridgehead atoms. The molecule has 0 spiro atoms. The molecule has 0 saturated carbocycles. The van der Waals surface area contributed by atoms with Crippen LogP contribution < -0.4 is 10.6 Å². The van der Waals surface area contributed by atoms with Crippen LogP contribution in [0.1, 0.15) is 82.1 Å². The predicted octanol–water partition coefficient (Wildman–Crippen LogP) is 9.29. The maximum atomic E-state index is 13.2. The monoisotopic (exact) mass is 703 g/mol. The van der Waals surface area contributed by atoms with Gasteiger partial charge in [0.2, 0.25) is 5.91 Å². The van der Waals surface area contributed by atoms with E-state index in [-0.39, 0.29) is 24.5 Å². The lowest BCUT2D eigenvalue weighted by atomic mass is 9.93. The Balaban J connectivity index is 1.19. The fourth-order valence-electron chi connectivity index (χ4n) is 5.71. The highest BCUT2D eigenvalue weighted by Crippen LogP contribution is 2.25. The summed E-state index contributed by atoms with van der Waals surface area (Å²) in [5.74, 6) is 6.17. The van der Waals surface area contributed by atoms with Crippen LogP contribution >= 0.6 is 0 Å². The Kier molecular flexibility index (Phi) is 15.1. The lowest BCUT2D eigenvalue weighted by Gasteiger charge is -2.24. The molecule has 0 fully saturated rings. The molecule has 0 aromatic heterocycles. The second-order valence-corrected chi connectivity index (χ2v) is 14.2. The Hall–Kier alpha value is -5.29. The number of nitrogens with zero attached hydrogens (tertiary/aromatic N) is 1. The zero-order valence-corrected chi connectivity index (χ0v) is 31.3. The van der Waals surface area contributed by atoms with E-state index in [0.29, 0.717) is 25.9 Å². The number of hydrogen-bond acceptors (Lipinski definition) is 5. The molecule has 0 aliphatic rings. The summed E-state index contributed by atoms with van der Waals surface area (Å²) in [5.41, 5.74) is 4.50. The number of aryl methyl sites for hydroxylation is 1. The normalized spacial score (nSPS) is 11.6. The van der Waals surface area contributed by atoms with Crippen molar-refractivity contribution in [2.75, 3.05) is 25.5 Å². The van der Waals surface area contributed by atoms with Crippen LogP contribution in [0, 0.1) is 17.8 Å². The summed E-state index contributed by atoms with van der Waals surface area (Å²) in [4.78, 5) is 38.9. The minimum Gasteiger partial charge on any atom is -0.445 e. The van der Waals surface area contributed by atoms with E-state index in [9.17, 15) is 14.4 Å². The summed E-state index contributed by atoms with van der Waals surface area (Å²) < 4.78 is 10.7. The van der Waals surface area contributed by atoms with Gasteiger partial charge < -0.3 is 25.0 Å². The molecule has 2 N–H and O–H groups in total. The van der Waals surface area contributed by atoms with Crippen molar-refractivity contribution in [3.8, 4) is 11.8 Å². The minimum atomic E-state index is -0.479. The van der Waals surface area contributed by atoms with Crippen LogP contribution in [0.25, 0.3) is 10.8 Å². The lowest BCUT2D eigenvalue weighted by Crippen LogP contribution is -2.34. The van der Waals surface area contributed by atoms with Gasteiger partial charge in [-0.3, -0.25) is 4.79 Å². The van der Waals surface area contributed by atoms with E-state index < -0.39 is 11.7 Å². The molecule has 4 aromatic rings. The van der Waals surface area contributed by atoms with Crippen LogP contribution in [-0.2, 0) is 33.7 Å². The highest BCUT2D eigenvalue weighted by atomic mass is 16.6. The molecule has 274 valence electrons. The molecule has 0 saturated heterocycles. The summed E-state index contributed by atoms with van der Waals surface area (Å²) in [6.45, 7) is 8.89. The van der Waals surface area contributed by atoms with Crippen molar-refractivity contribution < 1.29 is 23.9 Å². The number of fused-ring (bicyclic) bond motifs is 1. The number of carbonyl (C=O) groups is 3. The summed E-state index contributed by atoms with van der Waals surface area (Å²) in [6, 6.07) is 29.9. The first-order chi connectivity index (χ1) is 25.0. The van der Waals surface area contributed by atoms with Gasteiger partial charge in [-0.15, -0.1) is 0 Å². The minimum absolute atomic E-state index is 0.0214. The third-order valence-electron chi connectivity index (χ3n) is 8.58. The second-order valence-electron chi connectivity index (χ2n) is 14.2. The predicted molar refractivity (Wildman–Crippen MR) is 209 cm³/mol. The van der Waals surface area contributed by atoms with E-state index in [1.165, 1.54) is 5.56 Å². The molecule has 0 aliphatic carbocycles. The van der Waals surface area contributed by atoms with Gasteiger partial charge in [0, 0.05) is 43.7 Å². The Morgan fingerprint density at radius 1 is 0.808 bits per heavy atom. The summed E-state index contributed by atoms with van der Waals surface area (Å²) in [5, 5.41) is 7.96. The summed E-state index contributed by atoms with van der Waals surface area (Å²) in [6.07, 6.45) is 5.48. The first-order valence-electron chi connectivity index (χ1n) is 18.3. The van der Waals surface area contributed by atoms with E-state index in [2.05, 4.69) is 52.8 Å². The molecule has 1 atom stereocenters. The van der Waals surface area contributed by atoms with Crippen LogP contribution in [0.3, 0.4) is 0 Å². The Labute approximate surface area is 309 Å². The molecule has 52 heavy (non-hydrogen) atoms. The van der Waals surface area contributed by atoms with E-state index in [4.69, 9.17) is 9.47 Å². The number of benzene rings is 4. The number of amides is 3. The Morgan fingerprint density at radius 3 is 2.23 bits per heavy atom. The lowest BCUT2D eigenvalue weighted by molar-refractivity contribution is -0.119. The third kappa shape index (κ3) is 13.4. The zero-order valence-electron chi connectivity index (χ0n) is 31.3. The van der Waals surface area contributed by atoms with Gasteiger partial charge in [0.1, 0.15) is 12.2 Å². The van der Waals surface area contributed by atoms with Gasteiger partial charge in [-0.05, 0) is 92.1 Å². The van der Waals surface area contributed by atoms with E-state index >= 15 is 0 Å². The Bertz CT molecular complexity index is 1820. The van der Waals surface area contributed by atoms with Gasteiger partial charge in [-0.25, -0.2) is 9.59 Å². The topological polar surface area (TPSA) is 97.0 Å². The molecule has 3 amide bonds. The fourth-order valence-corrected chi connectivity index (χ4v) is 5.71. The standard InChI is InChI=1S/C44H53N3O5/c1-33(41(48)46-38-27-23-34(24-28-38)17-9-6-7-16-30-47(5)43(50)52-44(2,3)4)31-37-26-25-36(39-21-12-13-22-40(37)39)20-14-15-29-45-42(49)51-32-35-18-10-8-11-19-35/h8,10-13,18-19,21-28,33H,6-7,9,15-17,29-32H2,1-5H3,(H,45,49)(H,46,48)/t33-/m0/s1. The first kappa shape index (κ1) is 39.5. The number of carbonyl (C=O) groups excluding carboxylic acids is 3. The van der Waals surface area contributed by atoms with Gasteiger partial charge in [-0.2, -0.15) is 0 Å². The van der Waals surface area contributed by atoms with Crippen LogP contribution in [0.4, 0.5) is 15.3 Å². The molecule has 0 heterocycles. The maximum Gasteiger partial charge on any atom is 0.410 e. The smallest absolute Gasteiger partial charge is 0.410 e. The number of hydrogen-bond donors (Lipinski definition) is 2. The largest absolute Gasteiger partial charge is 0.445 e. The average molecular weight is 704 g/mol. The van der Waals surface area contributed by atoms with Gasteiger partial charge in [0.15, 0.2) is 0 Å². The quantitative estimate of drug-likeness (QED) is 0.0951. The maximum absolute atomic E-state index is 13.2. The van der Waals surface area contributed by atoms with Crippen molar-refractivity contribution in [3.05, 3.63) is 113 Å². The van der Waals surface area contributed by atoms with Gasteiger partial charge >= 0.3 is 12.2 Å². The van der Waals surface area contributed by atoms with Gasteiger partial charge in [-0.1, -0.05) is 104 Å². The van der Waals surface area contributed by atoms with Crippen molar-refractivity contribution in [1.29, 1.82) is 0 Å². The molecule has 0 aliphatic heterocycles. The number of unbranched alkanes of at least 4 members (excludes halogenated alkanes) is 3. The molecule has 8 heteroatoms. The summed E-state index contributed by atoms with van der Waals surface area (Å²) in [7, 11) is 1.78. The molecule has 8 nitrogen and oxygen atoms in total. The van der Waals surface area contributed by atoms with Gasteiger partial charge in [0.05, 0.1) is 0 Å². The van der Waals surface area contributed by atoms with Crippen molar-refractivity contribution >= 4 is 34.6 Å². The van der Waals surface area contributed by atoms with Crippen LogP contribution in [0.5, 0.6) is 0 Å². The molecule has 4 rings (SSSR count). The van der Waals surface area contributed by atoms with Crippen molar-refractivity contribution in [2.24, 2.45) is 5.92 Å². The van der Waals surface area contributed by atoms with E-state index in [0.717, 1.165) is 65.3 Å². The van der Waals surface area contributed by atoms with Crippen LogP contribution in [0.15, 0.2) is 91.0 Å². The number of ether oxygens (including phenoxy) is 2. The van der Waals surface area contributed by atoms with Crippen LogP contribution in [0.2, 0.25) is 0 Å². The number of nitrogens with one attached hydrogen (secondary N) is 2. The number of anilines is 1. The average Bonchev–Trinajstić information content (AvgIpc) is 3.13. The number of alkyl carbamates (subject to hydrolysis) is 1. The molecular weight excluding hydrogens is 651 g/mol. The molecule has 0 radical (unpaired) electrons. The van der Waals surface area contributed by atoms with Crippen molar-refractivity contribution in [2.45, 2.75) is 84.8 Å². The van der Waals surface area contributed by atoms with E-state index in [1.807, 2.05) is 88.4 Å². The Morgan fingerprint density at radius 2 is 1.50 bits per heavy atom. The van der Waals surface area contributed by atoms with E-state index in [1.54, 1.807) is 11.9 Å². The molecule has 4 aromatic carbocycles. The van der Waals surface area contributed by atoms with Crippen molar-refractivity contribution in [1.82, 2.24) is 10.2 Å². The van der Waals surface area contributed by atoms with Gasteiger partial charge in [0.25, 0.3) is 0 Å². The second kappa shape index (κ2) is 19.9. The number of rotatable bonds is 15. The molecule has 0 unspecified atom stereocenters. The third-order valence-corrected chi connectivity index (χ3v) is 8.58.